The van der Waals surface area contributed by atoms with Crippen molar-refractivity contribution in [2.24, 2.45) is 0 Å². The van der Waals surface area contributed by atoms with E-state index in [4.69, 9.17) is 4.74 Å². The zero-order valence-electron chi connectivity index (χ0n) is 17.6. The van der Waals surface area contributed by atoms with Crippen LogP contribution < -0.4 is 10.9 Å². The van der Waals surface area contributed by atoms with Gasteiger partial charge in [-0.2, -0.15) is 0 Å². The van der Waals surface area contributed by atoms with E-state index in [1.165, 1.54) is 42.0 Å². The zero-order valence-corrected chi connectivity index (χ0v) is 17.6. The molecule has 0 spiro atoms. The van der Waals surface area contributed by atoms with Crippen LogP contribution in [-0.4, -0.2) is 40.3 Å². The molecule has 0 atom stereocenters. The van der Waals surface area contributed by atoms with Gasteiger partial charge >= 0.3 is 5.97 Å². The Balaban J connectivity index is 2.02. The highest BCUT2D eigenvalue weighted by Crippen LogP contribution is 2.20. The van der Waals surface area contributed by atoms with Crippen LogP contribution in [-0.2, 0) is 22.5 Å². The summed E-state index contributed by atoms with van der Waals surface area (Å²) in [5.74, 6) is -1.46. The molecule has 1 aromatic heterocycles. The topological polar surface area (TPSA) is 111 Å². The molecular weight excluding hydrogens is 417 g/mol. The van der Waals surface area contributed by atoms with E-state index in [2.05, 4.69) is 10.3 Å². The molecule has 9 heteroatoms. The van der Waals surface area contributed by atoms with Gasteiger partial charge in [-0.05, 0) is 43.3 Å². The molecule has 3 aromatic rings. The number of aliphatic hydroxyl groups is 1. The van der Waals surface area contributed by atoms with Gasteiger partial charge in [-0.3, -0.25) is 14.2 Å². The zero-order chi connectivity index (χ0) is 23.3. The number of carbonyl (C=O) groups is 2. The Labute approximate surface area is 183 Å². The van der Waals surface area contributed by atoms with Gasteiger partial charge < -0.3 is 15.2 Å². The number of ether oxygens (including phenoxy) is 1. The van der Waals surface area contributed by atoms with Crippen molar-refractivity contribution in [3.05, 3.63) is 81.5 Å². The number of para-hydroxylation sites is 1. The van der Waals surface area contributed by atoms with Gasteiger partial charge in [-0.25, -0.2) is 14.2 Å². The first-order valence-corrected chi connectivity index (χ1v) is 9.80. The van der Waals surface area contributed by atoms with Crippen LogP contribution in [0, 0.1) is 12.7 Å². The highest BCUT2D eigenvalue weighted by atomic mass is 19.1. The molecule has 32 heavy (non-hydrogen) atoms. The molecule has 0 saturated carbocycles. The maximum atomic E-state index is 13.4. The number of carbonyl (C=O) groups excluding carboxylic acids is 2. The number of amides is 1. The number of aromatic nitrogens is 2. The minimum atomic E-state index is -0.618. The van der Waals surface area contributed by atoms with E-state index in [0.29, 0.717) is 11.3 Å². The van der Waals surface area contributed by atoms with E-state index >= 15 is 0 Å². The summed E-state index contributed by atoms with van der Waals surface area (Å²) in [6.07, 6.45) is 0.0775. The van der Waals surface area contributed by atoms with Gasteiger partial charge in [-0.15, -0.1) is 0 Å². The van der Waals surface area contributed by atoms with Gasteiger partial charge in [0.2, 0.25) is 5.91 Å². The second-order valence-electron chi connectivity index (χ2n) is 6.96. The number of nitrogens with one attached hydrogen (secondary N) is 1. The lowest BCUT2D eigenvalue weighted by atomic mass is 10.1. The number of anilines is 1. The number of methoxy groups -OCH3 is 1. The average molecular weight is 439 g/mol. The fraction of sp³-hybridized carbons (Fsp3) is 0.217. The van der Waals surface area contributed by atoms with Crippen molar-refractivity contribution in [3.8, 4) is 11.4 Å². The van der Waals surface area contributed by atoms with Crippen LogP contribution in [0.3, 0.4) is 0 Å². The number of benzene rings is 2. The number of rotatable bonds is 7. The molecule has 0 aliphatic rings. The molecular formula is C23H22FN3O5. The Morgan fingerprint density at radius 1 is 1.16 bits per heavy atom. The van der Waals surface area contributed by atoms with Crippen LogP contribution in [0.25, 0.3) is 11.4 Å². The van der Waals surface area contributed by atoms with Crippen molar-refractivity contribution in [1.29, 1.82) is 0 Å². The third-order valence-corrected chi connectivity index (χ3v) is 4.84. The van der Waals surface area contributed by atoms with Crippen LogP contribution in [0.5, 0.6) is 0 Å². The lowest BCUT2D eigenvalue weighted by Gasteiger charge is -2.16. The first-order valence-electron chi connectivity index (χ1n) is 9.80. The number of esters is 1. The number of nitrogens with zero attached hydrogens (tertiary/aromatic N) is 2. The lowest BCUT2D eigenvalue weighted by Crippen LogP contribution is -2.33. The van der Waals surface area contributed by atoms with Crippen molar-refractivity contribution in [1.82, 2.24) is 9.55 Å². The highest BCUT2D eigenvalue weighted by molar-refractivity contribution is 6.01. The molecule has 1 heterocycles. The molecule has 166 valence electrons. The van der Waals surface area contributed by atoms with Crippen LogP contribution in [0.2, 0.25) is 0 Å². The maximum absolute atomic E-state index is 13.4. The summed E-state index contributed by atoms with van der Waals surface area (Å²) in [5, 5.41) is 11.9. The summed E-state index contributed by atoms with van der Waals surface area (Å²) in [7, 11) is 1.23. The SMILES string of the molecule is COC(=O)c1ccccc1NC(=O)Cn1c(-c2ccc(F)cc2)nc(C)c(CCO)c1=O. The monoisotopic (exact) mass is 439 g/mol. The predicted molar refractivity (Wildman–Crippen MR) is 116 cm³/mol. The van der Waals surface area contributed by atoms with Crippen molar-refractivity contribution in [3.63, 3.8) is 0 Å². The van der Waals surface area contributed by atoms with Crippen molar-refractivity contribution in [2.75, 3.05) is 19.0 Å². The predicted octanol–water partition coefficient (Wildman–Crippen LogP) is 2.32. The molecule has 0 radical (unpaired) electrons. The Bertz CT molecular complexity index is 1210. The second kappa shape index (κ2) is 9.97. The summed E-state index contributed by atoms with van der Waals surface area (Å²) in [6, 6.07) is 11.7. The molecule has 2 aromatic carbocycles. The van der Waals surface area contributed by atoms with E-state index in [9.17, 15) is 23.9 Å². The number of halogens is 1. The molecule has 1 amide bonds. The van der Waals surface area contributed by atoms with E-state index < -0.39 is 29.8 Å². The largest absolute Gasteiger partial charge is 0.465 e. The third-order valence-electron chi connectivity index (χ3n) is 4.84. The van der Waals surface area contributed by atoms with Gasteiger partial charge in [-0.1, -0.05) is 12.1 Å². The smallest absolute Gasteiger partial charge is 0.339 e. The maximum Gasteiger partial charge on any atom is 0.339 e. The van der Waals surface area contributed by atoms with Crippen LogP contribution in [0.15, 0.2) is 53.3 Å². The molecule has 0 unspecified atom stereocenters. The quantitative estimate of drug-likeness (QED) is 0.547. The molecule has 3 rings (SSSR count). The number of hydrogen-bond donors (Lipinski definition) is 2. The summed E-state index contributed by atoms with van der Waals surface area (Å²) < 4.78 is 19.3. The molecule has 0 bridgehead atoms. The number of aliphatic hydroxyl groups excluding tert-OH is 1. The Morgan fingerprint density at radius 2 is 1.84 bits per heavy atom. The molecule has 0 aliphatic heterocycles. The van der Waals surface area contributed by atoms with Crippen molar-refractivity contribution < 1.29 is 23.8 Å². The normalized spacial score (nSPS) is 10.6. The lowest BCUT2D eigenvalue weighted by molar-refractivity contribution is -0.116. The second-order valence-corrected chi connectivity index (χ2v) is 6.96. The van der Waals surface area contributed by atoms with Gasteiger partial charge in [0, 0.05) is 29.8 Å². The number of hydrogen-bond acceptors (Lipinski definition) is 6. The summed E-state index contributed by atoms with van der Waals surface area (Å²) in [5.41, 5.74) is 1.05. The molecule has 0 saturated heterocycles. The molecule has 0 aliphatic carbocycles. The van der Waals surface area contributed by atoms with Gasteiger partial charge in [0.25, 0.3) is 5.56 Å². The minimum Gasteiger partial charge on any atom is -0.465 e. The first-order chi connectivity index (χ1) is 15.3. The van der Waals surface area contributed by atoms with Crippen molar-refractivity contribution >= 4 is 17.6 Å². The minimum absolute atomic E-state index is 0.0775. The summed E-state index contributed by atoms with van der Waals surface area (Å²) >= 11 is 0. The molecule has 0 fully saturated rings. The van der Waals surface area contributed by atoms with Crippen molar-refractivity contribution in [2.45, 2.75) is 19.9 Å². The summed E-state index contributed by atoms with van der Waals surface area (Å²) in [4.78, 5) is 42.4. The van der Waals surface area contributed by atoms with E-state index in [1.54, 1.807) is 25.1 Å². The van der Waals surface area contributed by atoms with Crippen LogP contribution >= 0.6 is 0 Å². The van der Waals surface area contributed by atoms with Crippen LogP contribution in [0.4, 0.5) is 10.1 Å². The Morgan fingerprint density at radius 3 is 2.50 bits per heavy atom. The van der Waals surface area contributed by atoms with Gasteiger partial charge in [0.1, 0.15) is 18.2 Å². The number of aryl methyl sites for hydroxylation is 1. The Hall–Kier alpha value is -3.85. The molecule has 2 N–H and O–H groups in total. The fourth-order valence-electron chi connectivity index (χ4n) is 3.28. The third kappa shape index (κ3) is 4.89. The van der Waals surface area contributed by atoms with E-state index in [-0.39, 0.29) is 35.7 Å². The van der Waals surface area contributed by atoms with Crippen LogP contribution in [0.1, 0.15) is 21.6 Å². The van der Waals surface area contributed by atoms with Gasteiger partial charge in [0.05, 0.1) is 18.4 Å². The molecule has 8 nitrogen and oxygen atoms in total. The van der Waals surface area contributed by atoms with E-state index in [0.717, 1.165) is 0 Å². The average Bonchev–Trinajstić information content (AvgIpc) is 2.79. The highest BCUT2D eigenvalue weighted by Gasteiger charge is 2.19. The van der Waals surface area contributed by atoms with E-state index in [1.807, 2.05) is 0 Å². The van der Waals surface area contributed by atoms with Gasteiger partial charge in [0.15, 0.2) is 0 Å². The summed E-state index contributed by atoms with van der Waals surface area (Å²) in [6.45, 7) is 0.968. The first kappa shape index (κ1) is 22.8. The standard InChI is InChI=1S/C23H22FN3O5/c1-14-17(11-12-28)22(30)27(21(25-14)15-7-9-16(24)10-8-15)13-20(29)26-19-6-4-3-5-18(19)23(31)32-2/h3-10,28H,11-13H2,1-2H3,(H,26,29). The Kier molecular flexibility index (Phi) is 7.11. The fourth-order valence-corrected chi connectivity index (χ4v) is 3.28.